The van der Waals surface area contributed by atoms with E-state index in [1.807, 2.05) is 31.2 Å². The fourth-order valence-electron chi connectivity index (χ4n) is 1.79. The summed E-state index contributed by atoms with van der Waals surface area (Å²) in [6.07, 6.45) is 1.58. The minimum absolute atomic E-state index is 0.126. The SMILES string of the molecule is Cc1nc(CN(C)C(C)C(=O)Nc2cccnc2Cl)cs1. The highest BCUT2D eigenvalue weighted by atomic mass is 35.5. The largest absolute Gasteiger partial charge is 0.322 e. The summed E-state index contributed by atoms with van der Waals surface area (Å²) in [5.74, 6) is -0.126. The standard InChI is InChI=1S/C14H17ClN4OS/c1-9(19(3)7-11-8-21-10(2)17-11)14(20)18-12-5-4-6-16-13(12)15/h4-6,8-9H,7H2,1-3H3,(H,18,20). The Bertz CT molecular complexity index is 631. The molecule has 1 amide bonds. The molecule has 2 aromatic heterocycles. The van der Waals surface area contributed by atoms with Crippen LogP contribution < -0.4 is 5.32 Å². The summed E-state index contributed by atoms with van der Waals surface area (Å²) in [6, 6.07) is 3.15. The molecule has 112 valence electrons. The van der Waals surface area contributed by atoms with Crippen LogP contribution in [0.2, 0.25) is 5.15 Å². The van der Waals surface area contributed by atoms with Gasteiger partial charge in [-0.05, 0) is 33.0 Å². The lowest BCUT2D eigenvalue weighted by atomic mass is 10.2. The number of pyridine rings is 1. The van der Waals surface area contributed by atoms with E-state index in [0.29, 0.717) is 12.2 Å². The molecular weight excluding hydrogens is 308 g/mol. The van der Waals surface area contributed by atoms with E-state index in [1.54, 1.807) is 29.7 Å². The van der Waals surface area contributed by atoms with Crippen LogP contribution in [0.4, 0.5) is 5.69 Å². The molecule has 0 aromatic carbocycles. The van der Waals surface area contributed by atoms with Gasteiger partial charge < -0.3 is 5.32 Å². The molecule has 21 heavy (non-hydrogen) atoms. The van der Waals surface area contributed by atoms with Gasteiger partial charge in [-0.3, -0.25) is 9.69 Å². The molecule has 0 aliphatic rings. The molecule has 1 atom stereocenters. The minimum atomic E-state index is -0.303. The zero-order valence-electron chi connectivity index (χ0n) is 12.1. The Morgan fingerprint density at radius 3 is 2.95 bits per heavy atom. The van der Waals surface area contributed by atoms with E-state index in [-0.39, 0.29) is 17.1 Å². The number of nitrogens with one attached hydrogen (secondary N) is 1. The second-order valence-corrected chi connectivity index (χ2v) is 6.20. The van der Waals surface area contributed by atoms with Crippen LogP contribution in [0.3, 0.4) is 0 Å². The smallest absolute Gasteiger partial charge is 0.241 e. The molecule has 0 aliphatic carbocycles. The summed E-state index contributed by atoms with van der Waals surface area (Å²) in [7, 11) is 1.89. The number of thiazole rings is 1. The van der Waals surface area contributed by atoms with E-state index >= 15 is 0 Å². The normalized spacial score (nSPS) is 12.4. The topological polar surface area (TPSA) is 58.1 Å². The van der Waals surface area contributed by atoms with Crippen molar-refractivity contribution in [1.29, 1.82) is 0 Å². The zero-order valence-corrected chi connectivity index (χ0v) is 13.7. The Balaban J connectivity index is 1.97. The van der Waals surface area contributed by atoms with Crippen molar-refractivity contribution in [3.8, 4) is 0 Å². The van der Waals surface area contributed by atoms with Crippen LogP contribution in [0.1, 0.15) is 17.6 Å². The quantitative estimate of drug-likeness (QED) is 0.859. The molecule has 0 saturated carbocycles. The van der Waals surface area contributed by atoms with Crippen LogP contribution >= 0.6 is 22.9 Å². The van der Waals surface area contributed by atoms with Crippen molar-refractivity contribution in [2.24, 2.45) is 0 Å². The zero-order chi connectivity index (χ0) is 15.4. The van der Waals surface area contributed by atoms with E-state index in [2.05, 4.69) is 15.3 Å². The number of anilines is 1. The van der Waals surface area contributed by atoms with Crippen LogP contribution in [0, 0.1) is 6.92 Å². The fraction of sp³-hybridized carbons (Fsp3) is 0.357. The van der Waals surface area contributed by atoms with E-state index in [4.69, 9.17) is 11.6 Å². The number of rotatable bonds is 5. The summed E-state index contributed by atoms with van der Waals surface area (Å²) in [6.45, 7) is 4.44. The number of hydrogen-bond acceptors (Lipinski definition) is 5. The van der Waals surface area contributed by atoms with E-state index < -0.39 is 0 Å². The Labute approximate surface area is 133 Å². The number of nitrogens with zero attached hydrogens (tertiary/aromatic N) is 3. The van der Waals surface area contributed by atoms with Crippen molar-refractivity contribution in [1.82, 2.24) is 14.9 Å². The first-order chi connectivity index (χ1) is 9.97. The van der Waals surface area contributed by atoms with Gasteiger partial charge in [0.15, 0.2) is 5.15 Å². The highest BCUT2D eigenvalue weighted by molar-refractivity contribution is 7.09. The van der Waals surface area contributed by atoms with Crippen LogP contribution in [0.25, 0.3) is 0 Å². The second-order valence-electron chi connectivity index (χ2n) is 4.78. The maximum atomic E-state index is 12.2. The van der Waals surface area contributed by atoms with Crippen LogP contribution in [0.15, 0.2) is 23.7 Å². The van der Waals surface area contributed by atoms with Gasteiger partial charge >= 0.3 is 0 Å². The van der Waals surface area contributed by atoms with Crippen molar-refractivity contribution in [3.05, 3.63) is 39.6 Å². The molecular formula is C14H17ClN4OS. The molecule has 5 nitrogen and oxygen atoms in total. The Kier molecular flexibility index (Phi) is 5.27. The molecule has 1 unspecified atom stereocenters. The Morgan fingerprint density at radius 2 is 2.33 bits per heavy atom. The summed E-state index contributed by atoms with van der Waals surface area (Å²) in [4.78, 5) is 22.5. The number of aryl methyl sites for hydroxylation is 1. The molecule has 7 heteroatoms. The third-order valence-electron chi connectivity index (χ3n) is 3.14. The van der Waals surface area contributed by atoms with Crippen molar-refractivity contribution in [2.45, 2.75) is 26.4 Å². The number of likely N-dealkylation sites (N-methyl/N-ethyl adjacent to an activating group) is 1. The van der Waals surface area contributed by atoms with Crippen molar-refractivity contribution in [2.75, 3.05) is 12.4 Å². The molecule has 0 bridgehead atoms. The average molecular weight is 325 g/mol. The maximum Gasteiger partial charge on any atom is 0.241 e. The minimum Gasteiger partial charge on any atom is -0.322 e. The number of aromatic nitrogens is 2. The number of halogens is 1. The highest BCUT2D eigenvalue weighted by Crippen LogP contribution is 2.18. The molecule has 0 aliphatic heterocycles. The number of amides is 1. The van der Waals surface area contributed by atoms with Gasteiger partial charge in [0.25, 0.3) is 0 Å². The molecule has 0 radical (unpaired) electrons. The average Bonchev–Trinajstić information content (AvgIpc) is 2.85. The summed E-state index contributed by atoms with van der Waals surface area (Å²) in [5, 5.41) is 6.11. The lowest BCUT2D eigenvalue weighted by molar-refractivity contribution is -0.120. The van der Waals surface area contributed by atoms with Gasteiger partial charge in [-0.1, -0.05) is 11.6 Å². The molecule has 0 saturated heterocycles. The Morgan fingerprint density at radius 1 is 1.57 bits per heavy atom. The van der Waals surface area contributed by atoms with Crippen molar-refractivity contribution in [3.63, 3.8) is 0 Å². The van der Waals surface area contributed by atoms with Gasteiger partial charge in [-0.2, -0.15) is 0 Å². The first-order valence-electron chi connectivity index (χ1n) is 6.50. The van der Waals surface area contributed by atoms with Gasteiger partial charge in [-0.25, -0.2) is 9.97 Å². The van der Waals surface area contributed by atoms with Crippen LogP contribution in [-0.4, -0.2) is 33.9 Å². The fourth-order valence-corrected chi connectivity index (χ4v) is 2.56. The van der Waals surface area contributed by atoms with Crippen LogP contribution in [-0.2, 0) is 11.3 Å². The lowest BCUT2D eigenvalue weighted by Gasteiger charge is -2.23. The summed E-state index contributed by atoms with van der Waals surface area (Å²) >= 11 is 7.54. The molecule has 2 aromatic rings. The second kappa shape index (κ2) is 6.98. The molecule has 2 heterocycles. The number of carbonyl (C=O) groups is 1. The predicted octanol–water partition coefficient (Wildman–Crippen LogP) is 2.96. The maximum absolute atomic E-state index is 12.2. The number of hydrogen-bond donors (Lipinski definition) is 1. The van der Waals surface area contributed by atoms with E-state index in [1.165, 1.54) is 0 Å². The molecule has 0 fully saturated rings. The third kappa shape index (κ3) is 4.23. The Hall–Kier alpha value is -1.50. The lowest BCUT2D eigenvalue weighted by Crippen LogP contribution is -2.39. The van der Waals surface area contributed by atoms with Crippen molar-refractivity contribution < 1.29 is 4.79 Å². The van der Waals surface area contributed by atoms with E-state index in [9.17, 15) is 4.79 Å². The molecule has 0 spiro atoms. The number of carbonyl (C=O) groups excluding carboxylic acids is 1. The summed E-state index contributed by atoms with van der Waals surface area (Å²) in [5.41, 5.74) is 1.49. The monoisotopic (exact) mass is 324 g/mol. The first-order valence-corrected chi connectivity index (χ1v) is 7.75. The van der Waals surface area contributed by atoms with Crippen molar-refractivity contribution >= 4 is 34.5 Å². The predicted molar refractivity (Wildman–Crippen MR) is 85.7 cm³/mol. The third-order valence-corrected chi connectivity index (χ3v) is 4.26. The van der Waals surface area contributed by atoms with Gasteiger partial charge in [0, 0.05) is 18.1 Å². The van der Waals surface area contributed by atoms with Gasteiger partial charge in [0.2, 0.25) is 5.91 Å². The first kappa shape index (κ1) is 15.9. The summed E-state index contributed by atoms with van der Waals surface area (Å²) < 4.78 is 0. The highest BCUT2D eigenvalue weighted by Gasteiger charge is 2.19. The van der Waals surface area contributed by atoms with Gasteiger partial charge in [-0.15, -0.1) is 11.3 Å². The molecule has 1 N–H and O–H groups in total. The van der Waals surface area contributed by atoms with Gasteiger partial charge in [0.05, 0.1) is 22.4 Å². The van der Waals surface area contributed by atoms with Gasteiger partial charge in [0.1, 0.15) is 0 Å². The molecule has 2 rings (SSSR count). The van der Waals surface area contributed by atoms with E-state index in [0.717, 1.165) is 10.7 Å². The van der Waals surface area contributed by atoms with Crippen LogP contribution in [0.5, 0.6) is 0 Å².